The second-order valence-electron chi connectivity index (χ2n) is 14.3. The molecule has 0 saturated heterocycles. The minimum Gasteiger partial charge on any atom is -0.208 e. The summed E-state index contributed by atoms with van der Waals surface area (Å²) in [6.45, 7) is 0. The van der Waals surface area contributed by atoms with Crippen molar-refractivity contribution in [2.24, 2.45) is 0 Å². The zero-order valence-electron chi connectivity index (χ0n) is 38.0. The summed E-state index contributed by atoms with van der Waals surface area (Å²) in [6, 6.07) is 57.1. The van der Waals surface area contributed by atoms with Gasteiger partial charge in [-0.2, -0.15) is 5.26 Å². The number of nitriles is 1. The van der Waals surface area contributed by atoms with Crippen LogP contribution in [0.3, 0.4) is 0 Å². The van der Waals surface area contributed by atoms with Crippen LogP contribution in [0.5, 0.6) is 0 Å². The fraction of sp³-hybridized carbons (Fsp3) is 0. The first-order valence-electron chi connectivity index (χ1n) is 22.4. The van der Waals surface area contributed by atoms with Gasteiger partial charge in [-0.3, -0.25) is 0 Å². The van der Waals surface area contributed by atoms with E-state index in [1.54, 1.807) is 12.1 Å². The first-order valence-corrected chi connectivity index (χ1v) is 19.9. The number of hydrogen-bond acceptors (Lipinski definition) is 7. The second-order valence-corrected chi connectivity index (χ2v) is 14.3. The smallest absolute Gasteiger partial charge is 0.164 e. The summed E-state index contributed by atoms with van der Waals surface area (Å²) in [5.74, 6) is 2.39. The average molecular weight is 799 g/mol. The Morgan fingerprint density at radius 3 is 1.29 bits per heavy atom. The Bertz CT molecular complexity index is 3460. The highest BCUT2D eigenvalue weighted by molar-refractivity contribution is 5.92. The molecule has 0 amide bonds. The number of benzene rings is 8. The Hall–Kier alpha value is -8.73. The maximum absolute atomic E-state index is 9.90. The number of aromatic nitrogens is 6. The minimum absolute atomic E-state index is 0.00432. The van der Waals surface area contributed by atoms with Crippen molar-refractivity contribution in [3.05, 3.63) is 218 Å². The van der Waals surface area contributed by atoms with Gasteiger partial charge in [0.1, 0.15) is 0 Å². The third-order valence-corrected chi connectivity index (χ3v) is 10.4. The van der Waals surface area contributed by atoms with E-state index in [9.17, 15) is 8.00 Å². The summed E-state index contributed by atoms with van der Waals surface area (Å²) in [7, 11) is 0. The highest BCUT2D eigenvalue weighted by Crippen LogP contribution is 2.40. The van der Waals surface area contributed by atoms with Crippen LogP contribution in [0.4, 0.5) is 0 Å². The molecule has 0 aliphatic heterocycles. The van der Waals surface area contributed by atoms with Crippen LogP contribution in [0.15, 0.2) is 212 Å². The molecule has 0 bridgehead atoms. The van der Waals surface area contributed by atoms with E-state index in [4.69, 9.17) is 34.0 Å². The summed E-state index contributed by atoms with van der Waals surface area (Å²) in [6.07, 6.45) is 0. The monoisotopic (exact) mass is 798 g/mol. The highest BCUT2D eigenvalue weighted by atomic mass is 15.0. The van der Waals surface area contributed by atoms with E-state index in [0.717, 1.165) is 27.8 Å². The van der Waals surface area contributed by atoms with Crippen LogP contribution < -0.4 is 0 Å². The van der Waals surface area contributed by atoms with E-state index in [1.165, 1.54) is 0 Å². The van der Waals surface area contributed by atoms with Crippen LogP contribution in [-0.4, -0.2) is 29.9 Å². The molecule has 0 spiro atoms. The van der Waals surface area contributed by atoms with Crippen molar-refractivity contribution in [3.63, 3.8) is 0 Å². The summed E-state index contributed by atoms with van der Waals surface area (Å²) >= 11 is 0. The summed E-state index contributed by atoms with van der Waals surface area (Å²) in [4.78, 5) is 29.9. The van der Waals surface area contributed by atoms with E-state index in [0.29, 0.717) is 68.1 Å². The van der Waals surface area contributed by atoms with Gasteiger partial charge in [0, 0.05) is 33.4 Å². The maximum Gasteiger partial charge on any atom is 0.164 e. The van der Waals surface area contributed by atoms with Gasteiger partial charge < -0.3 is 0 Å². The van der Waals surface area contributed by atoms with Gasteiger partial charge in [0.05, 0.1) is 18.5 Å². The first kappa shape index (κ1) is 32.2. The van der Waals surface area contributed by atoms with Gasteiger partial charge in [0.15, 0.2) is 34.9 Å². The molecule has 0 aliphatic rings. The van der Waals surface area contributed by atoms with Crippen LogP contribution >= 0.6 is 0 Å². The average Bonchev–Trinajstić information content (AvgIpc) is 3.40. The number of nitrogens with zero attached hydrogens (tertiary/aromatic N) is 7. The van der Waals surface area contributed by atoms with Gasteiger partial charge in [0.25, 0.3) is 0 Å². The molecule has 2 heterocycles. The van der Waals surface area contributed by atoms with Crippen molar-refractivity contribution in [2.45, 2.75) is 0 Å². The zero-order valence-corrected chi connectivity index (χ0v) is 33.0. The molecule has 62 heavy (non-hydrogen) atoms. The quantitative estimate of drug-likeness (QED) is 0.143. The van der Waals surface area contributed by atoms with Crippen LogP contribution in [0.1, 0.15) is 12.4 Å². The molecule has 290 valence electrons. The fourth-order valence-electron chi connectivity index (χ4n) is 7.36. The van der Waals surface area contributed by atoms with Gasteiger partial charge in [-0.15, -0.1) is 0 Å². The van der Waals surface area contributed by atoms with E-state index in [1.807, 2.05) is 170 Å². The third-order valence-electron chi connectivity index (χ3n) is 10.4. The van der Waals surface area contributed by atoms with Crippen LogP contribution in [0.2, 0.25) is 0 Å². The molecule has 0 N–H and O–H groups in total. The summed E-state index contributed by atoms with van der Waals surface area (Å²) in [5.41, 5.74) is 7.85. The maximum atomic E-state index is 9.90. The molecular weight excluding hydrogens is 759 g/mol. The lowest BCUT2D eigenvalue weighted by atomic mass is 9.90. The molecule has 0 fully saturated rings. The molecule has 10 aromatic rings. The van der Waals surface area contributed by atoms with Crippen molar-refractivity contribution >= 4 is 0 Å². The minimum atomic E-state index is -0.502. The largest absolute Gasteiger partial charge is 0.208 e. The van der Waals surface area contributed by atoms with Crippen molar-refractivity contribution in [1.82, 2.24) is 29.9 Å². The lowest BCUT2D eigenvalue weighted by molar-refractivity contribution is 1.07. The lowest BCUT2D eigenvalue weighted by Crippen LogP contribution is -2.02. The van der Waals surface area contributed by atoms with E-state index in [2.05, 4.69) is 6.07 Å². The Kier molecular flexibility index (Phi) is 8.75. The Morgan fingerprint density at radius 1 is 0.306 bits per heavy atom. The molecule has 7 nitrogen and oxygen atoms in total. The zero-order chi connectivity index (χ0) is 46.0. The number of rotatable bonds is 9. The molecule has 0 unspecified atom stereocenters. The predicted molar refractivity (Wildman–Crippen MR) is 247 cm³/mol. The Balaban J connectivity index is 1.20. The van der Waals surface area contributed by atoms with Crippen LogP contribution in [0.25, 0.3) is 102 Å². The molecule has 0 radical (unpaired) electrons. The summed E-state index contributed by atoms with van der Waals surface area (Å²) < 4.78 is 44.4. The Morgan fingerprint density at radius 2 is 0.726 bits per heavy atom. The standard InChI is InChI=1S/C55H35N7/c56-36-44-26-13-14-29-45(44)41-27-17-28-42(34-41)53-58-50(38-20-7-2-8-21-38)59-54(60-53)43-32-33-47(49(35-43)37-18-5-1-6-19-37)46-30-15-16-31-48(46)55-61-51(39-22-9-3-10-23-39)57-52(62-55)40-24-11-4-12-25-40/h1-35H/i1D,5D,6D,18D,19D. The van der Waals surface area contributed by atoms with Gasteiger partial charge in [-0.1, -0.05) is 194 Å². The van der Waals surface area contributed by atoms with E-state index < -0.39 is 18.1 Å². The Labute approximate surface area is 366 Å². The fourth-order valence-corrected chi connectivity index (χ4v) is 7.36. The van der Waals surface area contributed by atoms with Crippen LogP contribution in [0, 0.1) is 11.3 Å². The van der Waals surface area contributed by atoms with E-state index in [-0.39, 0.29) is 23.5 Å². The van der Waals surface area contributed by atoms with Gasteiger partial charge in [-0.05, 0) is 51.6 Å². The first-order chi connectivity index (χ1) is 32.7. The van der Waals surface area contributed by atoms with Crippen molar-refractivity contribution in [2.75, 3.05) is 0 Å². The molecule has 10 rings (SSSR count). The SMILES string of the molecule is [2H]c1c([2H])c([2H])c(-c2cc(-c3nc(-c4ccccc4)nc(-c4cccc(-c5ccccc5C#N)c4)n3)ccc2-c2ccccc2-c2nc(-c3ccccc3)nc(-c3ccccc3)n2)c([2H])c1[2H]. The van der Waals surface area contributed by atoms with Gasteiger partial charge in [-0.25, -0.2) is 29.9 Å². The molecule has 0 saturated carbocycles. The third kappa shape index (κ3) is 7.63. The summed E-state index contributed by atoms with van der Waals surface area (Å²) in [5, 5.41) is 9.90. The van der Waals surface area contributed by atoms with E-state index >= 15 is 0 Å². The molecule has 0 aliphatic carbocycles. The van der Waals surface area contributed by atoms with Gasteiger partial charge >= 0.3 is 0 Å². The second kappa shape index (κ2) is 16.9. The molecule has 8 aromatic carbocycles. The van der Waals surface area contributed by atoms with Crippen molar-refractivity contribution in [1.29, 1.82) is 5.26 Å². The topological polar surface area (TPSA) is 101 Å². The normalized spacial score (nSPS) is 12.0. The number of hydrogen-bond donors (Lipinski definition) is 0. The highest BCUT2D eigenvalue weighted by Gasteiger charge is 2.20. The molecular formula is C55H35N7. The van der Waals surface area contributed by atoms with Crippen LogP contribution in [-0.2, 0) is 0 Å². The lowest BCUT2D eigenvalue weighted by Gasteiger charge is -2.16. The van der Waals surface area contributed by atoms with Gasteiger partial charge in [0.2, 0.25) is 0 Å². The predicted octanol–water partition coefficient (Wildman–Crippen LogP) is 12.9. The molecule has 7 heteroatoms. The molecule has 2 aromatic heterocycles. The van der Waals surface area contributed by atoms with Crippen molar-refractivity contribution in [3.8, 4) is 108 Å². The van der Waals surface area contributed by atoms with Crippen molar-refractivity contribution < 1.29 is 6.85 Å². The molecule has 0 atom stereocenters.